The zero-order valence-corrected chi connectivity index (χ0v) is 26.9. The Morgan fingerprint density at radius 1 is 0.500 bits per heavy atom. The summed E-state index contributed by atoms with van der Waals surface area (Å²) in [6.07, 6.45) is 3.93. The van der Waals surface area contributed by atoms with Crippen LogP contribution in [0.4, 0.5) is 0 Å². The molecule has 0 unspecified atom stereocenters. The van der Waals surface area contributed by atoms with Crippen LogP contribution in [-0.2, 0) is 40.2 Å². The molecule has 2 heterocycles. The van der Waals surface area contributed by atoms with Crippen LogP contribution in [0.3, 0.4) is 0 Å². The molecular formula is C36H26Ir2N2-2. The molecule has 0 aliphatic carbocycles. The van der Waals surface area contributed by atoms with Crippen LogP contribution in [0, 0.1) is 26.0 Å². The van der Waals surface area contributed by atoms with Gasteiger partial charge in [-0.15, -0.1) is 71.8 Å². The Labute approximate surface area is 263 Å². The van der Waals surface area contributed by atoms with E-state index in [0.717, 1.165) is 44.8 Å². The molecule has 0 N–H and O–H groups in total. The zero-order chi connectivity index (χ0) is 25.9. The summed E-state index contributed by atoms with van der Waals surface area (Å²) in [4.78, 5) is 9.59. The predicted octanol–water partition coefficient (Wildman–Crippen LogP) is 9.02. The summed E-state index contributed by atoms with van der Waals surface area (Å²) in [5.41, 5.74) is 13.1. The van der Waals surface area contributed by atoms with E-state index in [9.17, 15) is 0 Å². The van der Waals surface area contributed by atoms with Crippen molar-refractivity contribution < 1.29 is 40.2 Å². The minimum Gasteiger partial charge on any atom is -0.304 e. The van der Waals surface area contributed by atoms with E-state index in [2.05, 4.69) is 86.6 Å². The minimum absolute atomic E-state index is 0. The SMILES string of the molecule is Cc1cc(C)cc(-c2c(-c3ccc(-c4[c-]cccc4)nc3)cccc2-c2ccc(-c3[c-]cccc3)nc2)c1.[Ir].[Ir]. The van der Waals surface area contributed by atoms with Gasteiger partial charge in [0.05, 0.1) is 0 Å². The molecule has 0 amide bonds. The fraction of sp³-hybridized carbons (Fsp3) is 0.0556. The largest absolute Gasteiger partial charge is 0.304 e. The molecule has 0 aliphatic rings. The Kier molecular flexibility index (Phi) is 9.74. The van der Waals surface area contributed by atoms with Gasteiger partial charge in [0, 0.05) is 52.6 Å². The standard InChI is InChI=1S/C36H26N2.2Ir/c1-25-20-26(2)22-31(21-25)36-32(29-16-18-34(37-23-29)27-10-5-3-6-11-27)14-9-15-33(36)30-17-19-35(38-24-30)28-12-7-4-8-13-28;;/h3-10,12,14-24H,1-2H3;;/q-2;;. The fourth-order valence-corrected chi connectivity index (χ4v) is 4.99. The Bertz CT molecular complexity index is 1580. The molecule has 4 aromatic carbocycles. The molecule has 0 spiro atoms. The van der Waals surface area contributed by atoms with Crippen molar-refractivity contribution in [2.75, 3.05) is 0 Å². The number of hydrogen-bond acceptors (Lipinski definition) is 2. The average molecular weight is 871 g/mol. The maximum Gasteiger partial charge on any atom is 0.0239 e. The van der Waals surface area contributed by atoms with Gasteiger partial charge in [0.1, 0.15) is 0 Å². The van der Waals surface area contributed by atoms with Crippen molar-refractivity contribution in [2.24, 2.45) is 0 Å². The van der Waals surface area contributed by atoms with Gasteiger partial charge in [-0.25, -0.2) is 0 Å². The molecule has 6 rings (SSSR count). The van der Waals surface area contributed by atoms with E-state index in [1.54, 1.807) is 0 Å². The maximum atomic E-state index is 4.80. The molecular weight excluding hydrogens is 845 g/mol. The van der Waals surface area contributed by atoms with Crippen LogP contribution in [0.1, 0.15) is 11.1 Å². The summed E-state index contributed by atoms with van der Waals surface area (Å²) in [6.45, 7) is 4.30. The number of pyridine rings is 2. The summed E-state index contributed by atoms with van der Waals surface area (Å²) in [5, 5.41) is 0. The van der Waals surface area contributed by atoms with Crippen LogP contribution in [0.25, 0.3) is 55.9 Å². The van der Waals surface area contributed by atoms with E-state index < -0.39 is 0 Å². The molecule has 0 aliphatic heterocycles. The smallest absolute Gasteiger partial charge is 0.0239 e. The van der Waals surface area contributed by atoms with Gasteiger partial charge in [0.15, 0.2) is 0 Å². The van der Waals surface area contributed by atoms with E-state index in [1.807, 2.05) is 60.9 Å². The van der Waals surface area contributed by atoms with Gasteiger partial charge in [0.25, 0.3) is 0 Å². The van der Waals surface area contributed by atoms with Gasteiger partial charge in [-0.05, 0) is 58.6 Å². The van der Waals surface area contributed by atoms with Crippen molar-refractivity contribution >= 4 is 0 Å². The molecule has 0 fully saturated rings. The fourth-order valence-electron chi connectivity index (χ4n) is 4.99. The van der Waals surface area contributed by atoms with Gasteiger partial charge in [-0.1, -0.05) is 71.8 Å². The summed E-state index contributed by atoms with van der Waals surface area (Å²) in [5.74, 6) is 0. The average Bonchev–Trinajstić information content (AvgIpc) is 2.97. The van der Waals surface area contributed by atoms with Crippen molar-refractivity contribution in [2.45, 2.75) is 13.8 Å². The zero-order valence-electron chi connectivity index (χ0n) is 22.1. The van der Waals surface area contributed by atoms with Gasteiger partial charge in [-0.3, -0.25) is 0 Å². The third-order valence-corrected chi connectivity index (χ3v) is 6.69. The summed E-state index contributed by atoms with van der Waals surface area (Å²) < 4.78 is 0. The molecule has 0 bridgehead atoms. The number of aryl methyl sites for hydroxylation is 2. The van der Waals surface area contributed by atoms with Crippen molar-refractivity contribution in [3.8, 4) is 55.9 Å². The Hall–Kier alpha value is -3.52. The number of nitrogens with zero attached hydrogens (tertiary/aromatic N) is 2. The molecule has 40 heavy (non-hydrogen) atoms. The predicted molar refractivity (Wildman–Crippen MR) is 156 cm³/mol. The van der Waals surface area contributed by atoms with E-state index in [-0.39, 0.29) is 40.2 Å². The molecule has 200 valence electrons. The molecule has 6 aromatic rings. The molecule has 2 radical (unpaired) electrons. The minimum atomic E-state index is 0. The second kappa shape index (κ2) is 13.2. The van der Waals surface area contributed by atoms with Crippen LogP contribution in [-0.4, -0.2) is 9.97 Å². The Morgan fingerprint density at radius 3 is 1.40 bits per heavy atom. The molecule has 0 saturated heterocycles. The first-order valence-electron chi connectivity index (χ1n) is 12.7. The van der Waals surface area contributed by atoms with Crippen LogP contribution in [0.2, 0.25) is 0 Å². The van der Waals surface area contributed by atoms with Crippen LogP contribution in [0.15, 0.2) is 122 Å². The van der Waals surface area contributed by atoms with Crippen molar-refractivity contribution in [3.05, 3.63) is 145 Å². The van der Waals surface area contributed by atoms with Crippen LogP contribution >= 0.6 is 0 Å². The third kappa shape index (κ3) is 6.27. The topological polar surface area (TPSA) is 25.8 Å². The summed E-state index contributed by atoms with van der Waals surface area (Å²) >= 11 is 0. The van der Waals surface area contributed by atoms with Crippen molar-refractivity contribution in [1.29, 1.82) is 0 Å². The van der Waals surface area contributed by atoms with Gasteiger partial charge < -0.3 is 9.97 Å². The van der Waals surface area contributed by atoms with Crippen LogP contribution in [0.5, 0.6) is 0 Å². The third-order valence-electron chi connectivity index (χ3n) is 6.69. The monoisotopic (exact) mass is 872 g/mol. The first kappa shape index (κ1) is 29.5. The molecule has 4 heteroatoms. The van der Waals surface area contributed by atoms with E-state index >= 15 is 0 Å². The van der Waals surface area contributed by atoms with E-state index in [1.165, 1.54) is 22.3 Å². The normalized spacial score (nSPS) is 10.3. The Balaban J connectivity index is 0.00000185. The molecule has 2 nitrogen and oxygen atoms in total. The van der Waals surface area contributed by atoms with Crippen molar-refractivity contribution in [1.82, 2.24) is 9.97 Å². The van der Waals surface area contributed by atoms with Gasteiger partial charge in [-0.2, -0.15) is 0 Å². The van der Waals surface area contributed by atoms with Gasteiger partial charge >= 0.3 is 0 Å². The van der Waals surface area contributed by atoms with E-state index in [4.69, 9.17) is 9.97 Å². The van der Waals surface area contributed by atoms with E-state index in [0.29, 0.717) is 0 Å². The van der Waals surface area contributed by atoms with Crippen LogP contribution < -0.4 is 0 Å². The molecule has 2 aromatic heterocycles. The number of aromatic nitrogens is 2. The Morgan fingerprint density at radius 2 is 1.00 bits per heavy atom. The van der Waals surface area contributed by atoms with Crippen molar-refractivity contribution in [3.63, 3.8) is 0 Å². The second-order valence-corrected chi connectivity index (χ2v) is 9.52. The summed E-state index contributed by atoms with van der Waals surface area (Å²) in [6, 6.07) is 44.1. The first-order valence-corrected chi connectivity index (χ1v) is 12.7. The number of hydrogen-bond donors (Lipinski definition) is 0. The molecule has 0 saturated carbocycles. The number of rotatable bonds is 5. The quantitative estimate of drug-likeness (QED) is 0.162. The first-order chi connectivity index (χ1) is 18.7. The summed E-state index contributed by atoms with van der Waals surface area (Å²) in [7, 11) is 0. The van der Waals surface area contributed by atoms with Gasteiger partial charge in [0.2, 0.25) is 0 Å². The molecule has 0 atom stereocenters. The number of benzene rings is 4. The maximum absolute atomic E-state index is 4.80. The second-order valence-electron chi connectivity index (χ2n) is 9.52.